The number of benzene rings is 2. The molecule has 0 N–H and O–H groups in total. The highest BCUT2D eigenvalue weighted by molar-refractivity contribution is 7.09. The summed E-state index contributed by atoms with van der Waals surface area (Å²) >= 11 is 7.33. The van der Waals surface area contributed by atoms with Crippen LogP contribution >= 0.6 is 22.9 Å². The summed E-state index contributed by atoms with van der Waals surface area (Å²) < 4.78 is 5.70. The minimum Gasteiger partial charge on any atom is -0.486 e. The van der Waals surface area contributed by atoms with Gasteiger partial charge in [0.05, 0.1) is 17.0 Å². The van der Waals surface area contributed by atoms with Crippen molar-refractivity contribution in [1.29, 1.82) is 0 Å². The van der Waals surface area contributed by atoms with Crippen molar-refractivity contribution in [2.45, 2.75) is 13.0 Å². The molecule has 0 aliphatic carbocycles. The predicted molar refractivity (Wildman–Crippen MR) is 123 cm³/mol. The van der Waals surface area contributed by atoms with Crippen LogP contribution in [0, 0.1) is 10.1 Å². The lowest BCUT2D eigenvalue weighted by atomic mass is 10.2. The number of nitrogens with zero attached hydrogens (tertiary/aromatic N) is 4. The summed E-state index contributed by atoms with van der Waals surface area (Å²) in [6.07, 6.45) is 0.225. The molecular formula is C22H21ClN4O4S. The monoisotopic (exact) mass is 472 g/mol. The van der Waals surface area contributed by atoms with E-state index in [1.807, 2.05) is 10.3 Å². The zero-order valence-corrected chi connectivity index (χ0v) is 18.7. The maximum Gasteiger partial charge on any atom is 0.292 e. The number of nitro benzene ring substituents is 1. The Balaban J connectivity index is 1.28. The predicted octanol–water partition coefficient (Wildman–Crippen LogP) is 4.18. The number of amides is 1. The number of halogens is 1. The van der Waals surface area contributed by atoms with Crippen molar-refractivity contribution in [3.05, 3.63) is 79.7 Å². The Labute approximate surface area is 194 Å². The highest BCUT2D eigenvalue weighted by Gasteiger charge is 2.25. The van der Waals surface area contributed by atoms with Gasteiger partial charge in [-0.15, -0.1) is 11.3 Å². The maximum atomic E-state index is 12.7. The van der Waals surface area contributed by atoms with Crippen molar-refractivity contribution in [1.82, 2.24) is 9.88 Å². The van der Waals surface area contributed by atoms with Gasteiger partial charge in [-0.25, -0.2) is 4.98 Å². The van der Waals surface area contributed by atoms with Gasteiger partial charge in [0, 0.05) is 42.6 Å². The second-order valence-electron chi connectivity index (χ2n) is 7.27. The quantitative estimate of drug-likeness (QED) is 0.378. The number of thiazole rings is 1. The van der Waals surface area contributed by atoms with E-state index in [1.54, 1.807) is 47.4 Å². The lowest BCUT2D eigenvalue weighted by Gasteiger charge is -2.35. The summed E-state index contributed by atoms with van der Waals surface area (Å²) in [5.41, 5.74) is 1.40. The molecule has 166 valence electrons. The number of ether oxygens (including phenoxy) is 1. The molecule has 0 saturated carbocycles. The SMILES string of the molecule is O=C(Cc1csc(COc2ccc(Cl)cc2)n1)N1CCN(c2ccccc2[N+](=O)[O-])CC1. The first-order chi connectivity index (χ1) is 15.5. The Morgan fingerprint density at radius 2 is 1.84 bits per heavy atom. The minimum atomic E-state index is -0.372. The zero-order valence-electron chi connectivity index (χ0n) is 17.1. The van der Waals surface area contributed by atoms with Crippen molar-refractivity contribution in [2.24, 2.45) is 0 Å². The van der Waals surface area contributed by atoms with Crippen LogP contribution in [0.2, 0.25) is 5.02 Å². The van der Waals surface area contributed by atoms with Crippen LogP contribution in [-0.4, -0.2) is 46.9 Å². The van der Waals surface area contributed by atoms with E-state index in [1.165, 1.54) is 17.4 Å². The molecule has 1 aliphatic heterocycles. The Kier molecular flexibility index (Phi) is 6.87. The van der Waals surface area contributed by atoms with Crippen molar-refractivity contribution in [3.63, 3.8) is 0 Å². The number of hydrogen-bond donors (Lipinski definition) is 0. The molecule has 1 aromatic heterocycles. The van der Waals surface area contributed by atoms with Gasteiger partial charge in [0.25, 0.3) is 5.69 Å². The molecule has 3 aromatic rings. The van der Waals surface area contributed by atoms with Crippen LogP contribution < -0.4 is 9.64 Å². The van der Waals surface area contributed by atoms with Crippen LogP contribution in [-0.2, 0) is 17.8 Å². The number of nitro groups is 1. The van der Waals surface area contributed by atoms with Crippen molar-refractivity contribution < 1.29 is 14.5 Å². The molecule has 1 amide bonds. The van der Waals surface area contributed by atoms with Gasteiger partial charge in [0.2, 0.25) is 5.91 Å². The van der Waals surface area contributed by atoms with Gasteiger partial charge >= 0.3 is 0 Å². The van der Waals surface area contributed by atoms with Gasteiger partial charge in [0.15, 0.2) is 0 Å². The molecule has 1 saturated heterocycles. The van der Waals surface area contributed by atoms with Gasteiger partial charge in [-0.2, -0.15) is 0 Å². The molecule has 0 atom stereocenters. The first-order valence-corrected chi connectivity index (χ1v) is 11.3. The molecule has 0 spiro atoms. The third kappa shape index (κ3) is 5.35. The Morgan fingerprint density at radius 3 is 2.56 bits per heavy atom. The van der Waals surface area contributed by atoms with Crippen LogP contribution in [0.25, 0.3) is 0 Å². The van der Waals surface area contributed by atoms with Crippen LogP contribution in [0.15, 0.2) is 53.9 Å². The summed E-state index contributed by atoms with van der Waals surface area (Å²) in [6.45, 7) is 2.46. The fourth-order valence-electron chi connectivity index (χ4n) is 3.52. The Bertz CT molecular complexity index is 1100. The molecule has 0 bridgehead atoms. The number of carbonyl (C=O) groups is 1. The molecule has 8 nitrogen and oxygen atoms in total. The lowest BCUT2D eigenvalue weighted by molar-refractivity contribution is -0.384. The molecule has 0 unspecified atom stereocenters. The molecule has 4 rings (SSSR count). The number of aromatic nitrogens is 1. The molecule has 1 aliphatic rings. The Hall–Kier alpha value is -3.17. The highest BCUT2D eigenvalue weighted by Crippen LogP contribution is 2.28. The summed E-state index contributed by atoms with van der Waals surface area (Å²) in [5.74, 6) is 0.710. The van der Waals surface area contributed by atoms with Gasteiger partial charge in [0.1, 0.15) is 23.1 Å². The largest absolute Gasteiger partial charge is 0.486 e. The van der Waals surface area contributed by atoms with E-state index < -0.39 is 0 Å². The third-order valence-corrected chi connectivity index (χ3v) is 6.28. The van der Waals surface area contributed by atoms with E-state index in [-0.39, 0.29) is 22.9 Å². The number of hydrogen-bond acceptors (Lipinski definition) is 7. The topological polar surface area (TPSA) is 88.8 Å². The average Bonchev–Trinajstić information content (AvgIpc) is 3.26. The van der Waals surface area contributed by atoms with Gasteiger partial charge < -0.3 is 14.5 Å². The van der Waals surface area contributed by atoms with Crippen LogP contribution in [0.1, 0.15) is 10.7 Å². The standard InChI is InChI=1S/C22H21ClN4O4S/c23-16-5-7-18(8-6-16)31-14-21-24-17(15-32-21)13-22(28)26-11-9-25(10-12-26)19-3-1-2-4-20(19)27(29)30/h1-8,15H,9-14H2. The van der Waals surface area contributed by atoms with Crippen molar-refractivity contribution >= 4 is 40.2 Å². The molecule has 10 heteroatoms. The van der Waals surface area contributed by atoms with Crippen molar-refractivity contribution in [3.8, 4) is 5.75 Å². The summed E-state index contributed by atoms with van der Waals surface area (Å²) in [4.78, 5) is 31.9. The van der Waals surface area contributed by atoms with E-state index in [2.05, 4.69) is 4.98 Å². The van der Waals surface area contributed by atoms with E-state index in [0.717, 1.165) is 10.7 Å². The summed E-state index contributed by atoms with van der Waals surface area (Å²) in [6, 6.07) is 13.8. The first kappa shape index (κ1) is 22.0. The molecule has 32 heavy (non-hydrogen) atoms. The lowest BCUT2D eigenvalue weighted by Crippen LogP contribution is -2.49. The van der Waals surface area contributed by atoms with Crippen LogP contribution in [0.5, 0.6) is 5.75 Å². The molecular weight excluding hydrogens is 452 g/mol. The average molecular weight is 473 g/mol. The smallest absolute Gasteiger partial charge is 0.292 e. The normalized spacial score (nSPS) is 13.8. The van der Waals surface area contributed by atoms with Gasteiger partial charge in [-0.05, 0) is 30.3 Å². The maximum absolute atomic E-state index is 12.7. The second kappa shape index (κ2) is 9.97. The molecule has 2 aromatic carbocycles. The second-order valence-corrected chi connectivity index (χ2v) is 8.64. The number of anilines is 1. The zero-order chi connectivity index (χ0) is 22.5. The van der Waals surface area contributed by atoms with Gasteiger partial charge in [-0.3, -0.25) is 14.9 Å². The van der Waals surface area contributed by atoms with Crippen LogP contribution in [0.3, 0.4) is 0 Å². The minimum absolute atomic E-state index is 0.00248. The number of carbonyl (C=O) groups excluding carboxylic acids is 1. The van der Waals surface area contributed by atoms with Crippen LogP contribution in [0.4, 0.5) is 11.4 Å². The fraction of sp³-hybridized carbons (Fsp3) is 0.273. The fourth-order valence-corrected chi connectivity index (χ4v) is 4.35. The summed E-state index contributed by atoms with van der Waals surface area (Å²) in [5, 5.41) is 14.6. The highest BCUT2D eigenvalue weighted by atomic mass is 35.5. The molecule has 0 radical (unpaired) electrons. The Morgan fingerprint density at radius 1 is 1.12 bits per heavy atom. The van der Waals surface area contributed by atoms with E-state index in [0.29, 0.717) is 49.2 Å². The van der Waals surface area contributed by atoms with E-state index in [4.69, 9.17) is 16.3 Å². The van der Waals surface area contributed by atoms with E-state index in [9.17, 15) is 14.9 Å². The molecule has 1 fully saturated rings. The van der Waals surface area contributed by atoms with Gasteiger partial charge in [-0.1, -0.05) is 23.7 Å². The molecule has 2 heterocycles. The first-order valence-electron chi connectivity index (χ1n) is 10.1. The number of rotatable bonds is 7. The van der Waals surface area contributed by atoms with E-state index >= 15 is 0 Å². The summed E-state index contributed by atoms with van der Waals surface area (Å²) in [7, 11) is 0. The van der Waals surface area contributed by atoms with Crippen molar-refractivity contribution in [2.75, 3.05) is 31.1 Å². The third-order valence-electron chi connectivity index (χ3n) is 5.16. The number of piperazine rings is 1. The number of para-hydroxylation sites is 2.